The molecule has 1 amide bonds. The predicted octanol–water partition coefficient (Wildman–Crippen LogP) is 5.07. The zero-order chi connectivity index (χ0) is 24.2. The van der Waals surface area contributed by atoms with E-state index in [0.717, 1.165) is 74.3 Å². The molecule has 2 aliphatic rings. The number of carbonyl (C=O) groups excluding carboxylic acids is 1. The van der Waals surface area contributed by atoms with Gasteiger partial charge in [0.15, 0.2) is 5.82 Å². The Balaban J connectivity index is 1.22. The fourth-order valence-electron chi connectivity index (χ4n) is 4.13. The lowest BCUT2D eigenvalue weighted by Crippen LogP contribution is -2.33. The highest BCUT2D eigenvalue weighted by atomic mass is 19.1. The van der Waals surface area contributed by atoms with Gasteiger partial charge in [0.05, 0.1) is 24.3 Å². The number of alkyl halides is 1. The van der Waals surface area contributed by atoms with Gasteiger partial charge >= 0.3 is 0 Å². The van der Waals surface area contributed by atoms with Crippen LogP contribution in [-0.2, 0) is 11.2 Å². The van der Waals surface area contributed by atoms with Crippen LogP contribution in [-0.4, -0.2) is 44.3 Å². The molecule has 2 fully saturated rings. The smallest absolute Gasteiger partial charge is 0.253 e. The maximum absolute atomic E-state index is 13.1. The van der Waals surface area contributed by atoms with Crippen molar-refractivity contribution < 1.29 is 13.7 Å². The summed E-state index contributed by atoms with van der Waals surface area (Å²) < 4.78 is 20.0. The largest absolute Gasteiger partial charge is 0.339 e. The molecule has 35 heavy (non-hydrogen) atoms. The number of aromatic nitrogens is 5. The molecule has 2 aliphatic carbocycles. The molecule has 3 aromatic rings. The van der Waals surface area contributed by atoms with Gasteiger partial charge in [0.2, 0.25) is 5.89 Å². The van der Waals surface area contributed by atoms with E-state index in [-0.39, 0.29) is 17.9 Å². The molecule has 9 heteroatoms. The third-order valence-electron chi connectivity index (χ3n) is 6.56. The van der Waals surface area contributed by atoms with E-state index in [4.69, 9.17) is 4.52 Å². The first kappa shape index (κ1) is 23.4. The van der Waals surface area contributed by atoms with Crippen molar-refractivity contribution >= 4 is 11.6 Å². The van der Waals surface area contributed by atoms with Gasteiger partial charge in [0.25, 0.3) is 5.91 Å². The Morgan fingerprint density at radius 1 is 1.17 bits per heavy atom. The van der Waals surface area contributed by atoms with Crippen LogP contribution in [0.4, 0.5) is 10.1 Å². The van der Waals surface area contributed by atoms with E-state index in [0.29, 0.717) is 24.3 Å². The van der Waals surface area contributed by atoms with Crippen molar-refractivity contribution in [2.75, 3.05) is 18.1 Å². The Hall–Kier alpha value is -3.36. The summed E-state index contributed by atoms with van der Waals surface area (Å²) in [4.78, 5) is 19.3. The summed E-state index contributed by atoms with van der Waals surface area (Å²) in [7, 11) is 0. The molecule has 0 spiro atoms. The zero-order valence-electron chi connectivity index (χ0n) is 19.9. The monoisotopic (exact) mass is 478 g/mol. The van der Waals surface area contributed by atoms with Crippen molar-refractivity contribution in [3.63, 3.8) is 0 Å². The van der Waals surface area contributed by atoms with Crippen LogP contribution in [0.5, 0.6) is 0 Å². The molecule has 2 aromatic heterocycles. The number of anilines is 1. The summed E-state index contributed by atoms with van der Waals surface area (Å²) in [6.45, 7) is 3.73. The van der Waals surface area contributed by atoms with Crippen molar-refractivity contribution in [1.29, 1.82) is 0 Å². The number of aryl methyl sites for hydroxylation is 1. The van der Waals surface area contributed by atoms with Crippen LogP contribution in [0.1, 0.15) is 80.6 Å². The quantitative estimate of drug-likeness (QED) is 0.252. The molecule has 0 N–H and O–H groups in total. The number of unbranched alkanes of at least 4 members (excludes halogenated alkanes) is 2. The number of hydrogen-bond donors (Lipinski definition) is 0. The molecule has 8 nitrogen and oxygen atoms in total. The molecule has 2 saturated carbocycles. The van der Waals surface area contributed by atoms with Gasteiger partial charge in [-0.15, -0.1) is 5.10 Å². The fraction of sp³-hybridized carbons (Fsp3) is 0.500. The Bertz CT molecular complexity index is 1180. The number of amides is 1. The third-order valence-corrected chi connectivity index (χ3v) is 6.56. The van der Waals surface area contributed by atoms with E-state index < -0.39 is 6.67 Å². The maximum Gasteiger partial charge on any atom is 0.253 e. The van der Waals surface area contributed by atoms with Gasteiger partial charge in [-0.1, -0.05) is 29.4 Å². The molecule has 0 aliphatic heterocycles. The van der Waals surface area contributed by atoms with E-state index in [9.17, 15) is 9.18 Å². The average Bonchev–Trinajstić information content (AvgIpc) is 3.81. The lowest BCUT2D eigenvalue weighted by Gasteiger charge is -2.24. The van der Waals surface area contributed by atoms with Gasteiger partial charge < -0.3 is 9.42 Å². The Morgan fingerprint density at radius 2 is 2.00 bits per heavy atom. The van der Waals surface area contributed by atoms with Crippen molar-refractivity contribution in [2.24, 2.45) is 0 Å². The highest BCUT2D eigenvalue weighted by molar-refractivity contribution is 6.05. The average molecular weight is 479 g/mol. The standard InChI is InChI=1S/C26H31FN6O2/c1-18(13-14-27)26(34)32(15-4-2-3-8-24-28-25(30-35-24)20-11-12-20)21-6-5-7-22(16-21)33-17-23(29-31-33)19-9-10-19/h5-7,16-17,19-20H,1-4,8-15H2. The zero-order valence-corrected chi connectivity index (χ0v) is 19.9. The number of nitrogens with zero attached hydrogens (tertiary/aromatic N) is 6. The van der Waals surface area contributed by atoms with Gasteiger partial charge in [0.1, 0.15) is 0 Å². The minimum Gasteiger partial charge on any atom is -0.339 e. The summed E-state index contributed by atoms with van der Waals surface area (Å²) in [5, 5.41) is 12.6. The first-order valence-corrected chi connectivity index (χ1v) is 12.5. The Morgan fingerprint density at radius 3 is 2.77 bits per heavy atom. The van der Waals surface area contributed by atoms with Crippen LogP contribution in [0.25, 0.3) is 5.69 Å². The number of carbonyl (C=O) groups is 1. The third kappa shape index (κ3) is 5.83. The van der Waals surface area contributed by atoms with Crippen LogP contribution >= 0.6 is 0 Å². The predicted molar refractivity (Wildman–Crippen MR) is 129 cm³/mol. The van der Waals surface area contributed by atoms with Crippen LogP contribution in [0, 0.1) is 0 Å². The van der Waals surface area contributed by atoms with E-state index >= 15 is 0 Å². The molecule has 0 bridgehead atoms. The normalized spacial score (nSPS) is 15.3. The van der Waals surface area contributed by atoms with Crippen LogP contribution < -0.4 is 4.90 Å². The first-order valence-electron chi connectivity index (χ1n) is 12.5. The van der Waals surface area contributed by atoms with Gasteiger partial charge in [-0.3, -0.25) is 9.18 Å². The van der Waals surface area contributed by atoms with E-state index in [1.165, 1.54) is 0 Å². The minimum atomic E-state index is -0.603. The number of halogens is 1. The first-order chi connectivity index (χ1) is 17.1. The fourth-order valence-corrected chi connectivity index (χ4v) is 4.13. The molecule has 1 aromatic carbocycles. The summed E-state index contributed by atoms with van der Waals surface area (Å²) >= 11 is 0. The minimum absolute atomic E-state index is 0.0311. The summed E-state index contributed by atoms with van der Waals surface area (Å²) in [5.41, 5.74) is 2.85. The van der Waals surface area contributed by atoms with Crippen molar-refractivity contribution in [2.45, 2.75) is 69.6 Å². The lowest BCUT2D eigenvalue weighted by molar-refractivity contribution is -0.115. The number of hydrogen-bond acceptors (Lipinski definition) is 6. The second kappa shape index (κ2) is 10.5. The number of benzene rings is 1. The van der Waals surface area contributed by atoms with E-state index in [1.54, 1.807) is 9.58 Å². The lowest BCUT2D eigenvalue weighted by atomic mass is 10.1. The summed E-state index contributed by atoms with van der Waals surface area (Å²) in [6.07, 6.45) is 9.91. The van der Waals surface area contributed by atoms with Crippen LogP contribution in [0.3, 0.4) is 0 Å². The van der Waals surface area contributed by atoms with Gasteiger partial charge in [-0.25, -0.2) is 4.68 Å². The SMILES string of the molecule is C=C(CCF)C(=O)N(CCCCCc1nc(C2CC2)no1)c1cccc(-n2cc(C3CC3)nn2)c1. The van der Waals surface area contributed by atoms with Gasteiger partial charge in [-0.2, -0.15) is 4.98 Å². The summed E-state index contributed by atoms with van der Waals surface area (Å²) in [6, 6.07) is 7.65. The maximum atomic E-state index is 13.1. The number of rotatable bonds is 13. The Kier molecular flexibility index (Phi) is 7.01. The van der Waals surface area contributed by atoms with Crippen LogP contribution in [0.2, 0.25) is 0 Å². The molecule has 2 heterocycles. The van der Waals surface area contributed by atoms with Crippen molar-refractivity contribution in [1.82, 2.24) is 25.1 Å². The second-order valence-electron chi connectivity index (χ2n) is 9.51. The topological polar surface area (TPSA) is 89.9 Å². The van der Waals surface area contributed by atoms with Gasteiger partial charge in [-0.05, 0) is 56.7 Å². The molecule has 0 atom stereocenters. The summed E-state index contributed by atoms with van der Waals surface area (Å²) in [5.74, 6) is 2.27. The molecule has 0 radical (unpaired) electrons. The van der Waals surface area contributed by atoms with E-state index in [2.05, 4.69) is 27.0 Å². The highest BCUT2D eigenvalue weighted by Gasteiger charge is 2.29. The molecular formula is C26H31FN6O2. The van der Waals surface area contributed by atoms with E-state index in [1.807, 2.05) is 30.5 Å². The van der Waals surface area contributed by atoms with Crippen molar-refractivity contribution in [3.05, 3.63) is 60.0 Å². The molecule has 184 valence electrons. The highest BCUT2D eigenvalue weighted by Crippen LogP contribution is 2.39. The second-order valence-corrected chi connectivity index (χ2v) is 9.51. The molecular weight excluding hydrogens is 447 g/mol. The molecule has 5 rings (SSSR count). The van der Waals surface area contributed by atoms with Crippen molar-refractivity contribution in [3.8, 4) is 5.69 Å². The van der Waals surface area contributed by atoms with Gasteiger partial charge in [0, 0.05) is 42.5 Å². The van der Waals surface area contributed by atoms with Crippen LogP contribution in [0.15, 0.2) is 47.1 Å². The molecule has 0 saturated heterocycles. The Labute approximate surface area is 204 Å². The molecule has 0 unspecified atom stereocenters.